The van der Waals surface area contributed by atoms with Gasteiger partial charge in [-0.15, -0.1) is 12.3 Å². The Kier molecular flexibility index (Phi) is 6.01. The van der Waals surface area contributed by atoms with Crippen molar-refractivity contribution in [2.75, 3.05) is 0 Å². The lowest BCUT2D eigenvalue weighted by molar-refractivity contribution is 0.607. The largest absolute Gasteiger partial charge is 0.322 e. The normalized spacial score (nSPS) is 13.1. The average Bonchev–Trinajstić information content (AvgIpc) is 2.73. The van der Waals surface area contributed by atoms with Gasteiger partial charge in [0.15, 0.2) is 0 Å². The minimum atomic E-state index is -0.713. The fourth-order valence-corrected chi connectivity index (χ4v) is 3.54. The molecule has 1 heterocycles. The van der Waals surface area contributed by atoms with Crippen LogP contribution in [0.25, 0.3) is 17.0 Å². The molecular formula is C26H24N2O. The molecule has 0 saturated carbocycles. The van der Waals surface area contributed by atoms with Gasteiger partial charge in [-0.05, 0) is 54.0 Å². The molecule has 1 unspecified atom stereocenters. The highest BCUT2D eigenvalue weighted by atomic mass is 16.1. The van der Waals surface area contributed by atoms with Crippen LogP contribution in [0.5, 0.6) is 0 Å². The molecule has 0 aliphatic carbocycles. The van der Waals surface area contributed by atoms with E-state index in [0.29, 0.717) is 19.3 Å². The Morgan fingerprint density at radius 3 is 2.76 bits per heavy atom. The molecule has 3 aromatic rings. The zero-order valence-corrected chi connectivity index (χ0v) is 16.8. The number of fused-ring (bicyclic) bond motifs is 1. The number of allylic oxidation sites excluding steroid dienone is 1. The topological polar surface area (TPSA) is 56.6 Å². The number of pyridine rings is 1. The smallest absolute Gasteiger partial charge is 0.251 e. The van der Waals surface area contributed by atoms with E-state index in [1.54, 1.807) is 0 Å². The first-order valence-corrected chi connectivity index (χ1v) is 9.75. The van der Waals surface area contributed by atoms with E-state index in [2.05, 4.69) is 23.0 Å². The summed E-state index contributed by atoms with van der Waals surface area (Å²) in [5.41, 5.74) is 3.78. The lowest BCUT2D eigenvalue weighted by atomic mass is 9.78. The van der Waals surface area contributed by atoms with Crippen molar-refractivity contribution in [3.63, 3.8) is 0 Å². The molecule has 0 fully saturated rings. The van der Waals surface area contributed by atoms with Crippen molar-refractivity contribution in [3.05, 3.63) is 87.2 Å². The van der Waals surface area contributed by atoms with Gasteiger partial charge in [0, 0.05) is 17.5 Å². The summed E-state index contributed by atoms with van der Waals surface area (Å²) >= 11 is 0. The van der Waals surface area contributed by atoms with E-state index in [-0.39, 0.29) is 5.56 Å². The number of terminal acetylenes is 1. The number of nitrogens with zero attached hydrogens (tertiary/aromatic N) is 1. The first-order chi connectivity index (χ1) is 14.0. The van der Waals surface area contributed by atoms with Crippen LogP contribution >= 0.6 is 0 Å². The van der Waals surface area contributed by atoms with Crippen LogP contribution in [0, 0.1) is 23.7 Å². The zero-order chi connectivity index (χ0) is 20.9. The first-order valence-electron chi connectivity index (χ1n) is 9.75. The van der Waals surface area contributed by atoms with E-state index in [4.69, 9.17) is 6.42 Å². The molecule has 2 aromatic carbocycles. The van der Waals surface area contributed by atoms with Crippen LogP contribution in [-0.4, -0.2) is 4.98 Å². The quantitative estimate of drug-likeness (QED) is 0.601. The van der Waals surface area contributed by atoms with E-state index < -0.39 is 5.41 Å². The summed E-state index contributed by atoms with van der Waals surface area (Å²) in [7, 11) is 0. The fraction of sp³-hybridized carbons (Fsp3) is 0.231. The van der Waals surface area contributed by atoms with Crippen molar-refractivity contribution in [1.29, 1.82) is 5.26 Å². The summed E-state index contributed by atoms with van der Waals surface area (Å²) in [6.07, 6.45) is 11.1. The number of hydrogen-bond donors (Lipinski definition) is 1. The van der Waals surface area contributed by atoms with Crippen LogP contribution in [0.2, 0.25) is 0 Å². The average molecular weight is 380 g/mol. The van der Waals surface area contributed by atoms with E-state index in [9.17, 15) is 10.1 Å². The number of H-pyrrole nitrogens is 1. The molecule has 3 rings (SSSR count). The second-order valence-electron chi connectivity index (χ2n) is 7.46. The van der Waals surface area contributed by atoms with Crippen molar-refractivity contribution < 1.29 is 0 Å². The number of benzene rings is 2. The standard InChI is InChI=1S/C26H24N2O/c1-4-6-7-9-19-10-8-11-20(14-19)17-26(3,18-27)23-13-12-22-15-21(5-2)25(29)28-24(22)16-23/h1,7-16H,5-6,17H2,2-3H3,(H,28,29). The van der Waals surface area contributed by atoms with Gasteiger partial charge in [0.05, 0.1) is 11.5 Å². The van der Waals surface area contributed by atoms with Gasteiger partial charge < -0.3 is 4.98 Å². The van der Waals surface area contributed by atoms with Crippen molar-refractivity contribution in [2.24, 2.45) is 0 Å². The van der Waals surface area contributed by atoms with Gasteiger partial charge in [-0.3, -0.25) is 4.79 Å². The van der Waals surface area contributed by atoms with Crippen LogP contribution in [-0.2, 0) is 18.3 Å². The minimum absolute atomic E-state index is 0.0673. The van der Waals surface area contributed by atoms with Gasteiger partial charge in [0.25, 0.3) is 5.56 Å². The van der Waals surface area contributed by atoms with E-state index in [1.165, 1.54) is 0 Å². The Balaban J connectivity index is 1.96. The van der Waals surface area contributed by atoms with Gasteiger partial charge in [-0.1, -0.05) is 55.5 Å². The maximum atomic E-state index is 12.2. The molecule has 29 heavy (non-hydrogen) atoms. The SMILES string of the molecule is C#CCC=Cc1cccc(CC(C)(C#N)c2ccc3cc(CC)c(=O)[nH]c3c2)c1. The van der Waals surface area contributed by atoms with Crippen LogP contribution in [0.3, 0.4) is 0 Å². The van der Waals surface area contributed by atoms with Gasteiger partial charge in [-0.25, -0.2) is 0 Å². The number of nitriles is 1. The Labute approximate surface area is 171 Å². The summed E-state index contributed by atoms with van der Waals surface area (Å²) in [5, 5.41) is 11.0. The maximum Gasteiger partial charge on any atom is 0.251 e. The van der Waals surface area contributed by atoms with E-state index >= 15 is 0 Å². The summed E-state index contributed by atoms with van der Waals surface area (Å²) in [6, 6.07) is 18.4. The van der Waals surface area contributed by atoms with Crippen molar-refractivity contribution >= 4 is 17.0 Å². The number of aromatic amines is 1. The van der Waals surface area contributed by atoms with Crippen molar-refractivity contribution in [3.8, 4) is 18.4 Å². The lowest BCUT2D eigenvalue weighted by Gasteiger charge is -2.23. The summed E-state index contributed by atoms with van der Waals surface area (Å²) < 4.78 is 0. The molecule has 0 saturated heterocycles. The van der Waals surface area contributed by atoms with Crippen molar-refractivity contribution in [2.45, 2.75) is 38.5 Å². The molecule has 1 aromatic heterocycles. The highest BCUT2D eigenvalue weighted by molar-refractivity contribution is 5.80. The molecule has 1 N–H and O–H groups in total. The number of aromatic nitrogens is 1. The molecule has 3 heteroatoms. The molecule has 0 bridgehead atoms. The second kappa shape index (κ2) is 8.63. The third-order valence-corrected chi connectivity index (χ3v) is 5.24. The third-order valence-electron chi connectivity index (χ3n) is 5.24. The van der Waals surface area contributed by atoms with Gasteiger partial charge >= 0.3 is 0 Å². The number of hydrogen-bond acceptors (Lipinski definition) is 2. The Morgan fingerprint density at radius 2 is 2.03 bits per heavy atom. The van der Waals surface area contributed by atoms with E-state index in [1.807, 2.05) is 68.5 Å². The van der Waals surface area contributed by atoms with Crippen LogP contribution in [0.1, 0.15) is 42.5 Å². The molecule has 0 aliphatic rings. The van der Waals surface area contributed by atoms with Crippen LogP contribution < -0.4 is 5.56 Å². The van der Waals surface area contributed by atoms with Crippen molar-refractivity contribution in [1.82, 2.24) is 4.98 Å². The minimum Gasteiger partial charge on any atom is -0.322 e. The molecule has 0 amide bonds. The molecule has 0 aliphatic heterocycles. The molecule has 3 nitrogen and oxygen atoms in total. The number of aryl methyl sites for hydroxylation is 1. The Hall–Kier alpha value is -3.56. The predicted molar refractivity (Wildman–Crippen MR) is 120 cm³/mol. The zero-order valence-electron chi connectivity index (χ0n) is 16.8. The first kappa shape index (κ1) is 20.2. The molecule has 0 radical (unpaired) electrons. The Morgan fingerprint density at radius 1 is 1.21 bits per heavy atom. The maximum absolute atomic E-state index is 12.2. The van der Waals surface area contributed by atoms with Crippen LogP contribution in [0.15, 0.2) is 59.4 Å². The number of rotatable bonds is 6. The monoisotopic (exact) mass is 380 g/mol. The molecule has 0 spiro atoms. The van der Waals surface area contributed by atoms with Gasteiger partial charge in [-0.2, -0.15) is 5.26 Å². The highest BCUT2D eigenvalue weighted by Gasteiger charge is 2.27. The van der Waals surface area contributed by atoms with E-state index in [0.717, 1.165) is 33.2 Å². The summed E-state index contributed by atoms with van der Waals surface area (Å²) in [4.78, 5) is 15.1. The summed E-state index contributed by atoms with van der Waals surface area (Å²) in [6.45, 7) is 3.90. The highest BCUT2D eigenvalue weighted by Crippen LogP contribution is 2.30. The second-order valence-corrected chi connectivity index (χ2v) is 7.46. The summed E-state index contributed by atoms with van der Waals surface area (Å²) in [5.74, 6) is 2.59. The van der Waals surface area contributed by atoms with Crippen LogP contribution in [0.4, 0.5) is 0 Å². The molecule has 1 atom stereocenters. The van der Waals surface area contributed by atoms with Gasteiger partial charge in [0.1, 0.15) is 0 Å². The predicted octanol–water partition coefficient (Wildman–Crippen LogP) is 5.15. The Bertz CT molecular complexity index is 1200. The lowest BCUT2D eigenvalue weighted by Crippen LogP contribution is -2.23. The molecular weight excluding hydrogens is 356 g/mol. The third kappa shape index (κ3) is 4.48. The number of nitrogens with one attached hydrogen (secondary N) is 1. The van der Waals surface area contributed by atoms with Gasteiger partial charge in [0.2, 0.25) is 0 Å². The fourth-order valence-electron chi connectivity index (χ4n) is 3.54. The molecule has 144 valence electrons.